The van der Waals surface area contributed by atoms with E-state index in [0.717, 1.165) is 23.8 Å². The van der Waals surface area contributed by atoms with Crippen molar-refractivity contribution in [2.24, 2.45) is 0 Å². The van der Waals surface area contributed by atoms with E-state index in [2.05, 4.69) is 10.3 Å². The van der Waals surface area contributed by atoms with Crippen LogP contribution in [0.1, 0.15) is 6.92 Å². The van der Waals surface area contributed by atoms with E-state index in [4.69, 9.17) is 0 Å². The van der Waals surface area contributed by atoms with E-state index in [1.165, 1.54) is 0 Å². The molecule has 0 saturated carbocycles. The average Bonchev–Trinajstić information content (AvgIpc) is 2.77. The second-order valence-electron chi connectivity index (χ2n) is 3.43. The predicted molar refractivity (Wildman–Crippen MR) is 67.2 cm³/mol. The smallest absolute Gasteiger partial charge is 0.138 e. The highest BCUT2D eigenvalue weighted by Crippen LogP contribution is 2.10. The van der Waals surface area contributed by atoms with Gasteiger partial charge in [-0.3, -0.25) is 8.61 Å². The van der Waals surface area contributed by atoms with Gasteiger partial charge in [-0.2, -0.15) is 0 Å². The number of fused-ring (bicyclic) bond motifs is 1. The van der Waals surface area contributed by atoms with E-state index < -0.39 is 10.8 Å². The standard InChI is InChI=1S/C11H15N3OS/c1-2-16(15)9-7-13-11-5-3-4-10-12-6-8-14(10)11/h3-6,8,13H,2,7,9H2,1H3. The summed E-state index contributed by atoms with van der Waals surface area (Å²) in [5.74, 6) is 2.39. The van der Waals surface area contributed by atoms with Crippen molar-refractivity contribution < 1.29 is 4.21 Å². The van der Waals surface area contributed by atoms with Gasteiger partial charge in [-0.05, 0) is 12.1 Å². The van der Waals surface area contributed by atoms with Gasteiger partial charge in [-0.1, -0.05) is 13.0 Å². The van der Waals surface area contributed by atoms with Gasteiger partial charge in [-0.25, -0.2) is 4.98 Å². The zero-order chi connectivity index (χ0) is 11.4. The van der Waals surface area contributed by atoms with Gasteiger partial charge in [0.05, 0.1) is 0 Å². The lowest BCUT2D eigenvalue weighted by molar-refractivity contribution is 0.684. The Labute approximate surface area is 97.2 Å². The predicted octanol–water partition coefficient (Wildman–Crippen LogP) is 1.51. The van der Waals surface area contributed by atoms with Crippen molar-refractivity contribution in [3.63, 3.8) is 0 Å². The molecule has 16 heavy (non-hydrogen) atoms. The molecule has 1 unspecified atom stereocenters. The summed E-state index contributed by atoms with van der Waals surface area (Å²) in [5.41, 5.74) is 0.918. The first-order valence-electron chi connectivity index (χ1n) is 5.32. The Kier molecular flexibility index (Phi) is 3.56. The van der Waals surface area contributed by atoms with Gasteiger partial charge in [-0.15, -0.1) is 0 Å². The maximum Gasteiger partial charge on any atom is 0.138 e. The topological polar surface area (TPSA) is 46.4 Å². The molecule has 1 atom stereocenters. The third kappa shape index (κ3) is 2.41. The summed E-state index contributed by atoms with van der Waals surface area (Å²) in [6, 6.07) is 5.90. The van der Waals surface area contributed by atoms with Gasteiger partial charge in [0.15, 0.2) is 0 Å². The summed E-state index contributed by atoms with van der Waals surface area (Å²) in [5, 5.41) is 3.27. The van der Waals surface area contributed by atoms with E-state index in [0.29, 0.717) is 5.75 Å². The Balaban J connectivity index is 2.04. The van der Waals surface area contributed by atoms with Crippen molar-refractivity contribution in [3.05, 3.63) is 30.6 Å². The molecule has 2 rings (SSSR count). The number of hydrogen-bond donors (Lipinski definition) is 1. The van der Waals surface area contributed by atoms with Gasteiger partial charge in [0.25, 0.3) is 0 Å². The van der Waals surface area contributed by atoms with E-state index >= 15 is 0 Å². The highest BCUT2D eigenvalue weighted by atomic mass is 32.2. The molecule has 0 fully saturated rings. The fraction of sp³-hybridized carbons (Fsp3) is 0.364. The molecular formula is C11H15N3OS. The van der Waals surface area contributed by atoms with Crippen molar-refractivity contribution in [2.45, 2.75) is 6.92 Å². The third-order valence-electron chi connectivity index (χ3n) is 2.39. The summed E-state index contributed by atoms with van der Waals surface area (Å²) in [6.45, 7) is 2.66. The summed E-state index contributed by atoms with van der Waals surface area (Å²) in [4.78, 5) is 4.20. The quantitative estimate of drug-likeness (QED) is 0.857. The highest BCUT2D eigenvalue weighted by molar-refractivity contribution is 7.84. The van der Waals surface area contributed by atoms with Gasteiger partial charge in [0.1, 0.15) is 11.5 Å². The van der Waals surface area contributed by atoms with Crippen molar-refractivity contribution in [1.82, 2.24) is 9.38 Å². The van der Waals surface area contributed by atoms with Crippen molar-refractivity contribution in [2.75, 3.05) is 23.4 Å². The number of nitrogens with one attached hydrogen (secondary N) is 1. The average molecular weight is 237 g/mol. The number of nitrogens with zero attached hydrogens (tertiary/aromatic N) is 2. The third-order valence-corrected chi connectivity index (χ3v) is 3.69. The van der Waals surface area contributed by atoms with E-state index in [9.17, 15) is 4.21 Å². The van der Waals surface area contributed by atoms with Gasteiger partial charge in [0, 0.05) is 41.2 Å². The van der Waals surface area contributed by atoms with Crippen LogP contribution in [0.4, 0.5) is 5.82 Å². The Bertz CT molecular complexity index is 495. The van der Waals surface area contributed by atoms with Crippen LogP contribution in [-0.4, -0.2) is 31.6 Å². The Morgan fingerprint density at radius 2 is 2.38 bits per heavy atom. The van der Waals surface area contributed by atoms with Crippen molar-refractivity contribution in [3.8, 4) is 0 Å². The number of aromatic nitrogens is 2. The van der Waals surface area contributed by atoms with Crippen LogP contribution in [-0.2, 0) is 10.8 Å². The first-order valence-corrected chi connectivity index (χ1v) is 6.81. The SMILES string of the molecule is CCS(=O)CCNc1cccc2nccn12. The fourth-order valence-electron chi connectivity index (χ4n) is 1.53. The first-order chi connectivity index (χ1) is 7.81. The summed E-state index contributed by atoms with van der Waals surface area (Å²) in [6.07, 6.45) is 3.68. The fourth-order valence-corrected chi connectivity index (χ4v) is 2.15. The zero-order valence-corrected chi connectivity index (χ0v) is 10.0. The minimum Gasteiger partial charge on any atom is -0.370 e. The molecular weight excluding hydrogens is 222 g/mol. The molecule has 0 aliphatic carbocycles. The van der Waals surface area contributed by atoms with Crippen molar-refractivity contribution >= 4 is 22.3 Å². The largest absolute Gasteiger partial charge is 0.370 e. The van der Waals surface area contributed by atoms with Gasteiger partial charge >= 0.3 is 0 Å². The summed E-state index contributed by atoms with van der Waals surface area (Å²) >= 11 is 0. The highest BCUT2D eigenvalue weighted by Gasteiger charge is 2.00. The number of imidazole rings is 1. The van der Waals surface area contributed by atoms with E-state index in [1.807, 2.05) is 35.7 Å². The number of rotatable bonds is 5. The second-order valence-corrected chi connectivity index (χ2v) is 5.29. The molecule has 0 bridgehead atoms. The molecule has 0 aliphatic rings. The number of anilines is 1. The van der Waals surface area contributed by atoms with Crippen LogP contribution in [0, 0.1) is 0 Å². The summed E-state index contributed by atoms with van der Waals surface area (Å²) in [7, 11) is -0.712. The molecule has 5 heteroatoms. The normalized spacial score (nSPS) is 12.8. The molecule has 4 nitrogen and oxygen atoms in total. The number of hydrogen-bond acceptors (Lipinski definition) is 3. The zero-order valence-electron chi connectivity index (χ0n) is 9.22. The lowest BCUT2D eigenvalue weighted by atomic mass is 10.4. The molecule has 0 saturated heterocycles. The van der Waals surface area contributed by atoms with E-state index in [-0.39, 0.29) is 0 Å². The van der Waals surface area contributed by atoms with Crippen molar-refractivity contribution in [1.29, 1.82) is 0 Å². The van der Waals surface area contributed by atoms with Crippen LogP contribution >= 0.6 is 0 Å². The molecule has 0 radical (unpaired) electrons. The maximum absolute atomic E-state index is 11.3. The molecule has 0 spiro atoms. The monoisotopic (exact) mass is 237 g/mol. The lowest BCUT2D eigenvalue weighted by Crippen LogP contribution is -2.13. The molecule has 2 aromatic heterocycles. The molecule has 2 aromatic rings. The Morgan fingerprint density at radius 3 is 3.19 bits per heavy atom. The molecule has 2 heterocycles. The maximum atomic E-state index is 11.3. The van der Waals surface area contributed by atoms with Crippen LogP contribution in [0.5, 0.6) is 0 Å². The van der Waals surface area contributed by atoms with Crippen LogP contribution < -0.4 is 5.32 Å². The molecule has 0 aliphatic heterocycles. The first kappa shape index (κ1) is 11.1. The van der Waals surface area contributed by atoms with Gasteiger partial charge in [0.2, 0.25) is 0 Å². The Hall–Kier alpha value is -1.36. The lowest BCUT2D eigenvalue weighted by Gasteiger charge is -2.08. The molecule has 86 valence electrons. The molecule has 0 aromatic carbocycles. The van der Waals surface area contributed by atoms with Crippen LogP contribution in [0.3, 0.4) is 0 Å². The molecule has 0 amide bonds. The molecule has 1 N–H and O–H groups in total. The minimum atomic E-state index is -0.712. The second kappa shape index (κ2) is 5.12. The van der Waals surface area contributed by atoms with Crippen LogP contribution in [0.15, 0.2) is 30.6 Å². The minimum absolute atomic E-state index is 0.682. The van der Waals surface area contributed by atoms with E-state index in [1.54, 1.807) is 6.20 Å². The van der Waals surface area contributed by atoms with Crippen LogP contribution in [0.2, 0.25) is 0 Å². The van der Waals surface area contributed by atoms with Crippen LogP contribution in [0.25, 0.3) is 5.65 Å². The van der Waals surface area contributed by atoms with Gasteiger partial charge < -0.3 is 5.32 Å². The Morgan fingerprint density at radius 1 is 1.50 bits per heavy atom. The number of pyridine rings is 1. The summed E-state index contributed by atoms with van der Waals surface area (Å²) < 4.78 is 13.2.